The van der Waals surface area contributed by atoms with E-state index in [0.29, 0.717) is 19.1 Å². The molecule has 0 unspecified atom stereocenters. The van der Waals surface area contributed by atoms with Gasteiger partial charge in [0, 0.05) is 19.1 Å². The Hall–Kier alpha value is -0.130. The molecule has 0 amide bonds. The molecule has 2 saturated carbocycles. The van der Waals surface area contributed by atoms with Gasteiger partial charge in [0.05, 0.1) is 5.75 Å². The summed E-state index contributed by atoms with van der Waals surface area (Å²) in [5.41, 5.74) is 0. The topological polar surface area (TPSA) is 58.2 Å². The van der Waals surface area contributed by atoms with E-state index < -0.39 is 10.0 Å². The zero-order valence-electron chi connectivity index (χ0n) is 9.74. The van der Waals surface area contributed by atoms with E-state index in [-0.39, 0.29) is 5.75 Å². The molecule has 0 bridgehead atoms. The van der Waals surface area contributed by atoms with Crippen LogP contribution in [0.2, 0.25) is 0 Å². The quantitative estimate of drug-likeness (QED) is 0.593. The summed E-state index contributed by atoms with van der Waals surface area (Å²) in [6.07, 6.45) is 7.27. The minimum absolute atomic E-state index is 0.215. The second kappa shape index (κ2) is 5.47. The minimum atomic E-state index is -3.04. The Kier molecular flexibility index (Phi) is 4.21. The third-order valence-electron chi connectivity index (χ3n) is 3.19. The fourth-order valence-corrected chi connectivity index (χ4v) is 2.77. The van der Waals surface area contributed by atoms with Gasteiger partial charge >= 0.3 is 0 Å². The van der Waals surface area contributed by atoms with Crippen LogP contribution in [-0.4, -0.2) is 33.3 Å². The Morgan fingerprint density at radius 3 is 2.44 bits per heavy atom. The zero-order valence-corrected chi connectivity index (χ0v) is 10.6. The smallest absolute Gasteiger partial charge is 0.212 e. The number of hydrogen-bond acceptors (Lipinski definition) is 3. The lowest BCUT2D eigenvalue weighted by molar-refractivity contribution is 0.568. The molecule has 2 fully saturated rings. The highest BCUT2D eigenvalue weighted by molar-refractivity contribution is 7.89. The van der Waals surface area contributed by atoms with Crippen molar-refractivity contribution in [2.75, 3.05) is 18.8 Å². The van der Waals surface area contributed by atoms with Gasteiger partial charge in [0.15, 0.2) is 0 Å². The van der Waals surface area contributed by atoms with Crippen molar-refractivity contribution >= 4 is 10.0 Å². The summed E-state index contributed by atoms with van der Waals surface area (Å²) >= 11 is 0. The van der Waals surface area contributed by atoms with Gasteiger partial charge in [-0.2, -0.15) is 0 Å². The average molecular weight is 246 g/mol. The maximum atomic E-state index is 11.5. The molecule has 16 heavy (non-hydrogen) atoms. The second-order valence-corrected chi connectivity index (χ2v) is 6.95. The van der Waals surface area contributed by atoms with Crippen LogP contribution in [-0.2, 0) is 10.0 Å². The SMILES string of the molecule is O=S(=O)(CCNC1CC1)NCCCC1CC1. The van der Waals surface area contributed by atoms with Crippen molar-refractivity contribution in [2.45, 2.75) is 44.6 Å². The lowest BCUT2D eigenvalue weighted by Gasteiger charge is -2.06. The maximum Gasteiger partial charge on any atom is 0.212 e. The fourth-order valence-electron chi connectivity index (χ4n) is 1.78. The van der Waals surface area contributed by atoms with Gasteiger partial charge in [-0.15, -0.1) is 0 Å². The summed E-state index contributed by atoms with van der Waals surface area (Å²) in [6.45, 7) is 1.20. The third-order valence-corrected chi connectivity index (χ3v) is 4.57. The first-order valence-corrected chi connectivity index (χ1v) is 8.02. The van der Waals surface area contributed by atoms with Crippen LogP contribution in [0.3, 0.4) is 0 Å². The fraction of sp³-hybridized carbons (Fsp3) is 1.00. The first-order chi connectivity index (χ1) is 7.66. The number of sulfonamides is 1. The van der Waals surface area contributed by atoms with Crippen LogP contribution in [0.4, 0.5) is 0 Å². The normalized spacial score (nSPS) is 21.2. The monoisotopic (exact) mass is 246 g/mol. The standard InChI is InChI=1S/C11H22N2O2S/c14-16(15,9-8-12-11-5-6-11)13-7-1-2-10-3-4-10/h10-13H,1-9H2. The molecule has 0 aliphatic heterocycles. The third kappa shape index (κ3) is 5.27. The molecule has 0 aromatic heterocycles. The zero-order chi connectivity index (χ0) is 11.4. The molecule has 2 rings (SSSR count). The van der Waals surface area contributed by atoms with Crippen LogP contribution >= 0.6 is 0 Å². The van der Waals surface area contributed by atoms with Gasteiger partial charge < -0.3 is 5.32 Å². The van der Waals surface area contributed by atoms with Crippen molar-refractivity contribution in [3.63, 3.8) is 0 Å². The van der Waals surface area contributed by atoms with Crippen molar-refractivity contribution in [1.82, 2.24) is 10.0 Å². The van der Waals surface area contributed by atoms with E-state index in [1.54, 1.807) is 0 Å². The molecule has 0 radical (unpaired) electrons. The molecule has 4 nitrogen and oxygen atoms in total. The molecule has 2 N–H and O–H groups in total. The predicted octanol–water partition coefficient (Wildman–Crippen LogP) is 0.848. The van der Waals surface area contributed by atoms with E-state index >= 15 is 0 Å². The first-order valence-electron chi connectivity index (χ1n) is 6.36. The van der Waals surface area contributed by atoms with Gasteiger partial charge in [0.2, 0.25) is 10.0 Å². The number of hydrogen-bond donors (Lipinski definition) is 2. The summed E-state index contributed by atoms with van der Waals surface area (Å²) < 4.78 is 25.8. The van der Waals surface area contributed by atoms with Crippen molar-refractivity contribution in [2.24, 2.45) is 5.92 Å². The Morgan fingerprint density at radius 2 is 1.81 bits per heavy atom. The van der Waals surface area contributed by atoms with Crippen LogP contribution in [0.15, 0.2) is 0 Å². The molecule has 94 valence electrons. The van der Waals surface area contributed by atoms with Crippen molar-refractivity contribution in [1.29, 1.82) is 0 Å². The Bertz CT molecular complexity index is 308. The van der Waals surface area contributed by atoms with Crippen LogP contribution in [0.5, 0.6) is 0 Å². The van der Waals surface area contributed by atoms with E-state index in [1.807, 2.05) is 0 Å². The maximum absolute atomic E-state index is 11.5. The van der Waals surface area contributed by atoms with Crippen molar-refractivity contribution in [3.05, 3.63) is 0 Å². The Morgan fingerprint density at radius 1 is 1.06 bits per heavy atom. The number of rotatable bonds is 9. The van der Waals surface area contributed by atoms with Gasteiger partial charge in [-0.1, -0.05) is 12.8 Å². The van der Waals surface area contributed by atoms with Gasteiger partial charge in [0.1, 0.15) is 0 Å². The lowest BCUT2D eigenvalue weighted by atomic mass is 10.2. The van der Waals surface area contributed by atoms with Crippen molar-refractivity contribution < 1.29 is 8.42 Å². The highest BCUT2D eigenvalue weighted by Gasteiger charge is 2.22. The molecule has 2 aliphatic carbocycles. The lowest BCUT2D eigenvalue weighted by Crippen LogP contribution is -2.33. The Balaban J connectivity index is 1.50. The highest BCUT2D eigenvalue weighted by Crippen LogP contribution is 2.33. The van der Waals surface area contributed by atoms with Crippen LogP contribution in [0.1, 0.15) is 38.5 Å². The molecule has 0 saturated heterocycles. The number of nitrogens with one attached hydrogen (secondary N) is 2. The molecule has 0 spiro atoms. The molecule has 0 atom stereocenters. The summed E-state index contributed by atoms with van der Waals surface area (Å²) in [7, 11) is -3.04. The summed E-state index contributed by atoms with van der Waals surface area (Å²) in [6, 6.07) is 0.588. The molecule has 0 heterocycles. The summed E-state index contributed by atoms with van der Waals surface area (Å²) in [4.78, 5) is 0. The molecule has 0 aromatic carbocycles. The van der Waals surface area contributed by atoms with E-state index in [4.69, 9.17) is 0 Å². The molecular formula is C11H22N2O2S. The van der Waals surface area contributed by atoms with E-state index in [1.165, 1.54) is 32.1 Å². The molecule has 2 aliphatic rings. The summed E-state index contributed by atoms with van der Waals surface area (Å²) in [5.74, 6) is 1.11. The molecule has 5 heteroatoms. The van der Waals surface area contributed by atoms with Crippen molar-refractivity contribution in [3.8, 4) is 0 Å². The van der Waals surface area contributed by atoms with E-state index in [9.17, 15) is 8.42 Å². The second-order valence-electron chi connectivity index (χ2n) is 5.03. The Labute approximate surface area is 98.2 Å². The predicted molar refractivity (Wildman–Crippen MR) is 64.8 cm³/mol. The van der Waals surface area contributed by atoms with Crippen LogP contribution < -0.4 is 10.0 Å². The van der Waals surface area contributed by atoms with Crippen LogP contribution in [0.25, 0.3) is 0 Å². The van der Waals surface area contributed by atoms with Gasteiger partial charge in [-0.25, -0.2) is 13.1 Å². The molecule has 0 aromatic rings. The van der Waals surface area contributed by atoms with Gasteiger partial charge in [0.25, 0.3) is 0 Å². The van der Waals surface area contributed by atoms with E-state index in [2.05, 4.69) is 10.0 Å². The summed E-state index contributed by atoms with van der Waals surface area (Å²) in [5, 5.41) is 3.21. The van der Waals surface area contributed by atoms with Crippen LogP contribution in [0, 0.1) is 5.92 Å². The largest absolute Gasteiger partial charge is 0.313 e. The van der Waals surface area contributed by atoms with Gasteiger partial charge in [-0.3, -0.25) is 0 Å². The average Bonchev–Trinajstić information content (AvgIpc) is 3.06. The van der Waals surface area contributed by atoms with Gasteiger partial charge in [-0.05, 0) is 31.6 Å². The molecular weight excluding hydrogens is 224 g/mol. The minimum Gasteiger partial charge on any atom is -0.313 e. The van der Waals surface area contributed by atoms with E-state index in [0.717, 1.165) is 12.3 Å². The first kappa shape index (κ1) is 12.3. The highest BCUT2D eigenvalue weighted by atomic mass is 32.2.